The molecule has 1 aromatic heterocycles. The summed E-state index contributed by atoms with van der Waals surface area (Å²) in [5.74, 6) is 1.84. The summed E-state index contributed by atoms with van der Waals surface area (Å²) in [7, 11) is 0. The molecule has 0 amide bonds. The lowest BCUT2D eigenvalue weighted by molar-refractivity contribution is 0.304. The molecule has 1 N–H and O–H groups in total. The molecule has 1 heterocycles. The maximum absolute atomic E-state index is 5.88. The van der Waals surface area contributed by atoms with Crippen molar-refractivity contribution in [2.45, 2.75) is 27.4 Å². The number of aryl methyl sites for hydroxylation is 2. The van der Waals surface area contributed by atoms with Gasteiger partial charge in [-0.3, -0.25) is 0 Å². The smallest absolute Gasteiger partial charge is 0.126 e. The van der Waals surface area contributed by atoms with E-state index in [0.717, 1.165) is 29.2 Å². The third-order valence-corrected chi connectivity index (χ3v) is 2.92. The molecule has 2 rings (SSSR count). The van der Waals surface area contributed by atoms with Crippen molar-refractivity contribution in [3.63, 3.8) is 0 Å². The molecule has 19 heavy (non-hydrogen) atoms. The van der Waals surface area contributed by atoms with Crippen LogP contribution in [0.15, 0.2) is 36.5 Å². The van der Waals surface area contributed by atoms with Gasteiger partial charge in [-0.15, -0.1) is 0 Å². The van der Waals surface area contributed by atoms with Gasteiger partial charge in [-0.2, -0.15) is 0 Å². The number of aromatic nitrogens is 1. The minimum Gasteiger partial charge on any atom is -0.489 e. The Kier molecular flexibility index (Phi) is 4.39. The van der Waals surface area contributed by atoms with Crippen molar-refractivity contribution in [1.82, 2.24) is 4.98 Å². The number of hydrogen-bond acceptors (Lipinski definition) is 3. The highest BCUT2D eigenvalue weighted by Gasteiger charge is 2.02. The van der Waals surface area contributed by atoms with E-state index in [-0.39, 0.29) is 0 Å². The number of benzene rings is 1. The van der Waals surface area contributed by atoms with E-state index in [1.54, 1.807) is 6.20 Å². The first-order chi connectivity index (χ1) is 9.19. The number of ether oxygens (including phenoxy) is 1. The second-order valence-corrected chi connectivity index (χ2v) is 4.64. The Morgan fingerprint density at radius 2 is 2.00 bits per heavy atom. The third kappa shape index (κ3) is 3.71. The van der Waals surface area contributed by atoms with Crippen LogP contribution in [-0.2, 0) is 6.61 Å². The monoisotopic (exact) mass is 256 g/mol. The van der Waals surface area contributed by atoms with Crippen molar-refractivity contribution in [2.75, 3.05) is 11.9 Å². The largest absolute Gasteiger partial charge is 0.489 e. The van der Waals surface area contributed by atoms with E-state index < -0.39 is 0 Å². The molecule has 0 saturated carbocycles. The summed E-state index contributed by atoms with van der Waals surface area (Å²) in [6.07, 6.45) is 1.81. The van der Waals surface area contributed by atoms with Crippen LogP contribution in [0.4, 0.5) is 5.82 Å². The molecule has 0 saturated heterocycles. The van der Waals surface area contributed by atoms with E-state index in [1.807, 2.05) is 12.1 Å². The van der Waals surface area contributed by atoms with Crippen LogP contribution in [0.25, 0.3) is 0 Å². The van der Waals surface area contributed by atoms with Crippen LogP contribution in [0.1, 0.15) is 23.6 Å². The molecule has 0 aliphatic rings. The topological polar surface area (TPSA) is 34.1 Å². The molecule has 0 atom stereocenters. The summed E-state index contributed by atoms with van der Waals surface area (Å²) in [5, 5.41) is 3.20. The SMILES string of the molecule is CCNc1cc(COc2cc(C)ccc2C)ccn1. The molecular formula is C16H20N2O. The molecule has 3 nitrogen and oxygen atoms in total. The van der Waals surface area contributed by atoms with E-state index in [0.29, 0.717) is 6.61 Å². The van der Waals surface area contributed by atoms with E-state index >= 15 is 0 Å². The lowest BCUT2D eigenvalue weighted by atomic mass is 10.1. The quantitative estimate of drug-likeness (QED) is 0.885. The Labute approximate surface area is 114 Å². The van der Waals surface area contributed by atoms with E-state index in [9.17, 15) is 0 Å². The van der Waals surface area contributed by atoms with Crippen molar-refractivity contribution in [3.05, 3.63) is 53.2 Å². The second-order valence-electron chi connectivity index (χ2n) is 4.64. The molecule has 0 aliphatic heterocycles. The predicted octanol–water partition coefficient (Wildman–Crippen LogP) is 3.71. The van der Waals surface area contributed by atoms with Crippen LogP contribution < -0.4 is 10.1 Å². The first-order valence-corrected chi connectivity index (χ1v) is 6.58. The maximum atomic E-state index is 5.88. The fraction of sp³-hybridized carbons (Fsp3) is 0.312. The molecule has 0 unspecified atom stereocenters. The van der Waals surface area contributed by atoms with E-state index in [1.165, 1.54) is 5.56 Å². The van der Waals surface area contributed by atoms with Crippen molar-refractivity contribution in [2.24, 2.45) is 0 Å². The van der Waals surface area contributed by atoms with Crippen molar-refractivity contribution in [1.29, 1.82) is 0 Å². The molecule has 0 radical (unpaired) electrons. The zero-order valence-corrected chi connectivity index (χ0v) is 11.7. The minimum atomic E-state index is 0.561. The zero-order valence-electron chi connectivity index (χ0n) is 11.7. The van der Waals surface area contributed by atoms with Gasteiger partial charge in [-0.1, -0.05) is 12.1 Å². The van der Waals surface area contributed by atoms with Crippen LogP contribution in [-0.4, -0.2) is 11.5 Å². The zero-order chi connectivity index (χ0) is 13.7. The normalized spacial score (nSPS) is 10.3. The lowest BCUT2D eigenvalue weighted by Gasteiger charge is -2.11. The highest BCUT2D eigenvalue weighted by Crippen LogP contribution is 2.20. The Morgan fingerprint density at radius 3 is 2.79 bits per heavy atom. The van der Waals surface area contributed by atoms with Crippen LogP contribution in [0.5, 0.6) is 5.75 Å². The number of nitrogens with zero attached hydrogens (tertiary/aromatic N) is 1. The summed E-state index contributed by atoms with van der Waals surface area (Å²) in [4.78, 5) is 4.25. The van der Waals surface area contributed by atoms with Gasteiger partial charge in [0, 0.05) is 12.7 Å². The van der Waals surface area contributed by atoms with Crippen molar-refractivity contribution >= 4 is 5.82 Å². The van der Waals surface area contributed by atoms with Gasteiger partial charge in [-0.25, -0.2) is 4.98 Å². The summed E-state index contributed by atoms with van der Waals surface area (Å²) < 4.78 is 5.88. The molecular weight excluding hydrogens is 236 g/mol. The molecule has 0 aliphatic carbocycles. The lowest BCUT2D eigenvalue weighted by Crippen LogP contribution is -2.02. The van der Waals surface area contributed by atoms with Gasteiger partial charge in [-0.05, 0) is 55.7 Å². The maximum Gasteiger partial charge on any atom is 0.126 e. The molecule has 0 spiro atoms. The average Bonchev–Trinajstić information content (AvgIpc) is 2.41. The minimum absolute atomic E-state index is 0.561. The predicted molar refractivity (Wildman–Crippen MR) is 78.6 cm³/mol. The van der Waals surface area contributed by atoms with E-state index in [2.05, 4.69) is 49.3 Å². The summed E-state index contributed by atoms with van der Waals surface area (Å²) >= 11 is 0. The molecule has 1 aromatic carbocycles. The van der Waals surface area contributed by atoms with Gasteiger partial charge < -0.3 is 10.1 Å². The first kappa shape index (κ1) is 13.4. The van der Waals surface area contributed by atoms with Crippen LogP contribution >= 0.6 is 0 Å². The van der Waals surface area contributed by atoms with Gasteiger partial charge in [0.15, 0.2) is 0 Å². The fourth-order valence-corrected chi connectivity index (χ4v) is 1.87. The Bertz CT molecular complexity index is 552. The number of hydrogen-bond donors (Lipinski definition) is 1. The molecule has 100 valence electrons. The highest BCUT2D eigenvalue weighted by atomic mass is 16.5. The van der Waals surface area contributed by atoms with Gasteiger partial charge in [0.25, 0.3) is 0 Å². The van der Waals surface area contributed by atoms with Crippen LogP contribution in [0.3, 0.4) is 0 Å². The average molecular weight is 256 g/mol. The van der Waals surface area contributed by atoms with Crippen LogP contribution in [0, 0.1) is 13.8 Å². The molecule has 0 fully saturated rings. The third-order valence-electron chi connectivity index (χ3n) is 2.92. The number of nitrogens with one attached hydrogen (secondary N) is 1. The van der Waals surface area contributed by atoms with Gasteiger partial charge in [0.1, 0.15) is 18.2 Å². The summed E-state index contributed by atoms with van der Waals surface area (Å²) in [6.45, 7) is 7.62. The van der Waals surface area contributed by atoms with Gasteiger partial charge in [0.05, 0.1) is 0 Å². The Hall–Kier alpha value is -2.03. The Morgan fingerprint density at radius 1 is 1.16 bits per heavy atom. The van der Waals surface area contributed by atoms with E-state index in [4.69, 9.17) is 4.74 Å². The summed E-state index contributed by atoms with van der Waals surface area (Å²) in [5.41, 5.74) is 3.49. The standard InChI is InChI=1S/C16H20N2O/c1-4-17-16-10-14(7-8-18-16)11-19-15-9-12(2)5-6-13(15)3/h5-10H,4,11H2,1-3H3,(H,17,18). The molecule has 0 bridgehead atoms. The number of pyridine rings is 1. The molecule has 2 aromatic rings. The van der Waals surface area contributed by atoms with Gasteiger partial charge >= 0.3 is 0 Å². The van der Waals surface area contributed by atoms with Crippen LogP contribution in [0.2, 0.25) is 0 Å². The number of anilines is 1. The fourth-order valence-electron chi connectivity index (χ4n) is 1.87. The highest BCUT2D eigenvalue weighted by molar-refractivity contribution is 5.38. The second kappa shape index (κ2) is 6.23. The van der Waals surface area contributed by atoms with Crippen molar-refractivity contribution < 1.29 is 4.74 Å². The first-order valence-electron chi connectivity index (χ1n) is 6.58. The molecule has 3 heteroatoms. The van der Waals surface area contributed by atoms with Crippen molar-refractivity contribution in [3.8, 4) is 5.75 Å². The number of rotatable bonds is 5. The summed E-state index contributed by atoms with van der Waals surface area (Å²) in [6, 6.07) is 10.3. The van der Waals surface area contributed by atoms with Gasteiger partial charge in [0.2, 0.25) is 0 Å². The Balaban J connectivity index is 2.05.